The summed E-state index contributed by atoms with van der Waals surface area (Å²) in [6, 6.07) is 24.0. The lowest BCUT2D eigenvalue weighted by Gasteiger charge is -2.31. The molecule has 0 unspecified atom stereocenters. The van der Waals surface area contributed by atoms with Crippen LogP contribution in [-0.2, 0) is 14.3 Å². The molecule has 1 fully saturated rings. The lowest BCUT2D eigenvalue weighted by Crippen LogP contribution is -2.53. The van der Waals surface area contributed by atoms with Crippen LogP contribution in [0.5, 0.6) is 0 Å². The van der Waals surface area contributed by atoms with Gasteiger partial charge >= 0.3 is 12.1 Å². The van der Waals surface area contributed by atoms with Crippen LogP contribution in [0.4, 0.5) is 9.59 Å². The Bertz CT molecular complexity index is 2160. The smallest absolute Gasteiger partial charge is 0.407 e. The van der Waals surface area contributed by atoms with Gasteiger partial charge in [0.15, 0.2) is 0 Å². The van der Waals surface area contributed by atoms with Gasteiger partial charge in [-0.2, -0.15) is 0 Å². The summed E-state index contributed by atoms with van der Waals surface area (Å²) >= 11 is 0. The SMILES string of the molecule is CNC(=O)N[C@@H](C(=O)N1CCC[C@H]1C1=NC=C(c2ccc(-c3ccc(C4=CN=C([C@@H]5C=CCN5C(=O)[C@@H](NC(=O)OC)C(C)C)C4)cc3)cc2)C1)c1ccccc1. The molecule has 0 spiro atoms. The van der Waals surface area contributed by atoms with E-state index in [1.165, 1.54) is 14.2 Å². The Hall–Kier alpha value is -6.30. The first kappa shape index (κ1) is 39.0. The van der Waals surface area contributed by atoms with Crippen LogP contribution in [0.15, 0.2) is 113 Å². The molecule has 0 saturated carbocycles. The Balaban J connectivity index is 0.949. The lowest BCUT2D eigenvalue weighted by atomic mass is 9.94. The third kappa shape index (κ3) is 8.45. The van der Waals surface area contributed by atoms with Crippen LogP contribution in [-0.4, -0.2) is 90.5 Å². The summed E-state index contributed by atoms with van der Waals surface area (Å²) in [5.41, 5.74) is 9.13. The average molecular weight is 768 g/mol. The number of benzene rings is 3. The van der Waals surface area contributed by atoms with Gasteiger partial charge in [-0.25, -0.2) is 9.59 Å². The van der Waals surface area contributed by atoms with Crippen molar-refractivity contribution in [3.05, 3.63) is 120 Å². The molecule has 1 saturated heterocycles. The zero-order chi connectivity index (χ0) is 40.1. The topological polar surface area (TPSA) is 145 Å². The van der Waals surface area contributed by atoms with Crippen LogP contribution in [0, 0.1) is 5.92 Å². The van der Waals surface area contributed by atoms with Crippen LogP contribution < -0.4 is 16.0 Å². The predicted molar refractivity (Wildman–Crippen MR) is 222 cm³/mol. The fraction of sp³-hybridized carbons (Fsp3) is 0.333. The molecule has 0 radical (unpaired) electrons. The standard InChI is InChI=1S/C45H49N7O5/c1-28(2)40(50-45(56)57-4)42(53)51-22-8-12-38(51)36-24-34(26-47-36)31-18-14-29(15-19-31)30-16-20-32(21-17-30)35-25-37(48-27-35)39-13-9-23-52(39)43(54)41(49-44(55)46-3)33-10-6-5-7-11-33/h5-8,10-12,14-21,26-28,38-41H,9,13,22-25H2,1-4H3,(H,50,56)(H2,46,49,55)/t38-,39-,40-,41+/m0/s1. The van der Waals surface area contributed by atoms with Crippen molar-refractivity contribution in [2.24, 2.45) is 15.9 Å². The summed E-state index contributed by atoms with van der Waals surface area (Å²) in [5.74, 6) is -0.403. The normalized spacial score (nSPS) is 19.7. The van der Waals surface area contributed by atoms with E-state index in [2.05, 4.69) is 64.5 Å². The number of hydrogen-bond acceptors (Lipinski definition) is 7. The molecule has 0 aliphatic carbocycles. The molecule has 0 bridgehead atoms. The van der Waals surface area contributed by atoms with Gasteiger partial charge in [0, 0.05) is 56.8 Å². The molecule has 12 nitrogen and oxygen atoms in total. The quantitative estimate of drug-likeness (QED) is 0.190. The minimum absolute atomic E-state index is 0.110. The molecule has 3 N–H and O–H groups in total. The molecular formula is C45H49N7O5. The summed E-state index contributed by atoms with van der Waals surface area (Å²) in [6.45, 7) is 4.87. The lowest BCUT2D eigenvalue weighted by molar-refractivity contribution is -0.134. The first-order valence-corrected chi connectivity index (χ1v) is 19.5. The van der Waals surface area contributed by atoms with Gasteiger partial charge in [0.1, 0.15) is 12.1 Å². The zero-order valence-corrected chi connectivity index (χ0v) is 32.8. The molecule has 4 heterocycles. The molecule has 57 heavy (non-hydrogen) atoms. The fourth-order valence-corrected chi connectivity index (χ4v) is 7.98. The Morgan fingerprint density at radius 3 is 1.95 bits per heavy atom. The third-order valence-corrected chi connectivity index (χ3v) is 11.1. The van der Waals surface area contributed by atoms with Crippen LogP contribution in [0.2, 0.25) is 0 Å². The van der Waals surface area contributed by atoms with E-state index in [9.17, 15) is 19.2 Å². The van der Waals surface area contributed by atoms with E-state index >= 15 is 0 Å². The second-order valence-electron chi connectivity index (χ2n) is 15.0. The van der Waals surface area contributed by atoms with Crippen molar-refractivity contribution < 1.29 is 23.9 Å². The summed E-state index contributed by atoms with van der Waals surface area (Å²) in [5, 5.41) is 8.10. The number of nitrogens with zero attached hydrogens (tertiary/aromatic N) is 4. The highest BCUT2D eigenvalue weighted by atomic mass is 16.5. The first-order chi connectivity index (χ1) is 27.6. The summed E-state index contributed by atoms with van der Waals surface area (Å²) in [4.78, 5) is 64.9. The Morgan fingerprint density at radius 2 is 1.35 bits per heavy atom. The van der Waals surface area contributed by atoms with Crippen LogP contribution in [0.3, 0.4) is 0 Å². The minimum atomic E-state index is -0.789. The van der Waals surface area contributed by atoms with Crippen LogP contribution >= 0.6 is 0 Å². The molecule has 4 atom stereocenters. The van der Waals surface area contributed by atoms with Gasteiger partial charge < -0.3 is 30.5 Å². The maximum absolute atomic E-state index is 13.9. The number of carbonyl (C=O) groups excluding carboxylic acids is 4. The number of allylic oxidation sites excluding steroid dienone is 2. The van der Waals surface area contributed by atoms with E-state index < -0.39 is 24.2 Å². The van der Waals surface area contributed by atoms with Crippen molar-refractivity contribution in [2.45, 2.75) is 63.7 Å². The Labute approximate surface area is 333 Å². The van der Waals surface area contributed by atoms with E-state index in [-0.39, 0.29) is 29.8 Å². The molecule has 3 aromatic carbocycles. The number of ether oxygens (including phenoxy) is 1. The van der Waals surface area contributed by atoms with E-state index in [0.29, 0.717) is 25.9 Å². The first-order valence-electron chi connectivity index (χ1n) is 19.5. The van der Waals surface area contributed by atoms with Gasteiger partial charge in [-0.1, -0.05) is 105 Å². The highest BCUT2D eigenvalue weighted by molar-refractivity contribution is 6.06. The molecule has 3 aromatic rings. The Kier molecular flexibility index (Phi) is 11.8. The van der Waals surface area contributed by atoms with E-state index in [4.69, 9.17) is 14.7 Å². The second kappa shape index (κ2) is 17.2. The number of carbonyl (C=O) groups is 4. The van der Waals surface area contributed by atoms with Gasteiger partial charge in [-0.15, -0.1) is 0 Å². The fourth-order valence-electron chi connectivity index (χ4n) is 7.98. The number of rotatable bonds is 11. The maximum Gasteiger partial charge on any atom is 0.407 e. The monoisotopic (exact) mass is 767 g/mol. The zero-order valence-electron chi connectivity index (χ0n) is 32.8. The van der Waals surface area contributed by atoms with Gasteiger partial charge in [0.2, 0.25) is 11.8 Å². The van der Waals surface area contributed by atoms with Gasteiger partial charge in [-0.05, 0) is 57.7 Å². The van der Waals surface area contributed by atoms with Crippen molar-refractivity contribution in [2.75, 3.05) is 27.2 Å². The highest BCUT2D eigenvalue weighted by Crippen LogP contribution is 2.34. The summed E-state index contributed by atoms with van der Waals surface area (Å²) < 4.78 is 4.76. The maximum atomic E-state index is 13.9. The number of aliphatic imine (C=N–C) groups is 2. The number of alkyl carbamates (subject to hydrolysis) is 1. The molecule has 4 aliphatic rings. The molecular weight excluding hydrogens is 719 g/mol. The number of methoxy groups -OCH3 is 1. The molecule has 294 valence electrons. The number of hydrogen-bond donors (Lipinski definition) is 3. The second-order valence-corrected chi connectivity index (χ2v) is 15.0. The van der Waals surface area contributed by atoms with Gasteiger partial charge in [-0.3, -0.25) is 19.6 Å². The van der Waals surface area contributed by atoms with E-state index in [1.54, 1.807) is 4.90 Å². The molecule has 12 heteroatoms. The van der Waals surface area contributed by atoms with Crippen molar-refractivity contribution in [3.63, 3.8) is 0 Å². The van der Waals surface area contributed by atoms with Crippen molar-refractivity contribution >= 4 is 46.5 Å². The van der Waals surface area contributed by atoms with Crippen molar-refractivity contribution in [1.82, 2.24) is 25.8 Å². The minimum Gasteiger partial charge on any atom is -0.453 e. The number of urea groups is 1. The highest BCUT2D eigenvalue weighted by Gasteiger charge is 2.39. The molecule has 0 aromatic heterocycles. The summed E-state index contributed by atoms with van der Waals surface area (Å²) in [7, 11) is 2.83. The number of nitrogens with one attached hydrogen (secondary N) is 3. The van der Waals surface area contributed by atoms with Gasteiger partial charge in [0.05, 0.1) is 19.2 Å². The molecule has 4 aliphatic heterocycles. The van der Waals surface area contributed by atoms with Crippen molar-refractivity contribution in [3.8, 4) is 11.1 Å². The predicted octanol–water partition coefficient (Wildman–Crippen LogP) is 6.53. The number of amides is 5. The average Bonchev–Trinajstić information content (AvgIpc) is 4.09. The van der Waals surface area contributed by atoms with E-state index in [0.717, 1.165) is 63.2 Å². The summed E-state index contributed by atoms with van der Waals surface area (Å²) in [6.07, 6.45) is 10.1. The van der Waals surface area contributed by atoms with E-state index in [1.807, 2.05) is 73.6 Å². The Morgan fingerprint density at radius 1 is 0.754 bits per heavy atom. The third-order valence-electron chi connectivity index (χ3n) is 11.1. The van der Waals surface area contributed by atoms with Crippen molar-refractivity contribution in [1.29, 1.82) is 0 Å². The van der Waals surface area contributed by atoms with Crippen LogP contribution in [0.1, 0.15) is 62.3 Å². The number of likely N-dealkylation sites (tertiary alicyclic amines) is 1. The molecule has 5 amide bonds. The largest absolute Gasteiger partial charge is 0.453 e. The van der Waals surface area contributed by atoms with Crippen LogP contribution in [0.25, 0.3) is 22.3 Å². The molecule has 7 rings (SSSR count). The van der Waals surface area contributed by atoms with Gasteiger partial charge in [0.25, 0.3) is 0 Å².